The fraction of sp³-hybridized carbons (Fsp3) is 0.500. The Morgan fingerprint density at radius 3 is 2.64 bits per heavy atom. The van der Waals surface area contributed by atoms with Gasteiger partial charge in [-0.15, -0.1) is 0 Å². The molecule has 14 heavy (non-hydrogen) atoms. The third-order valence-electron chi connectivity index (χ3n) is 2.33. The Kier molecular flexibility index (Phi) is 3.96. The molecule has 0 fully saturated rings. The van der Waals surface area contributed by atoms with Crippen molar-refractivity contribution in [1.82, 2.24) is 0 Å². The minimum absolute atomic E-state index is 0.304. The van der Waals surface area contributed by atoms with Crippen LogP contribution in [0.25, 0.3) is 0 Å². The smallest absolute Gasteiger partial charge is 0.0684 e. The molecule has 2 nitrogen and oxygen atoms in total. The van der Waals surface area contributed by atoms with Gasteiger partial charge in [0.1, 0.15) is 0 Å². The summed E-state index contributed by atoms with van der Waals surface area (Å²) in [6, 6.07) is 6.33. The van der Waals surface area contributed by atoms with Crippen LogP contribution in [-0.4, -0.2) is 17.8 Å². The van der Waals surface area contributed by atoms with E-state index in [0.717, 1.165) is 12.1 Å². The van der Waals surface area contributed by atoms with E-state index in [0.29, 0.717) is 6.54 Å². The zero-order valence-electron chi connectivity index (χ0n) is 9.17. The summed E-state index contributed by atoms with van der Waals surface area (Å²) in [6.45, 7) is 6.66. The molecule has 2 heteroatoms. The molecule has 1 aromatic carbocycles. The molecule has 0 aliphatic heterocycles. The van der Waals surface area contributed by atoms with Crippen molar-refractivity contribution in [2.24, 2.45) is 0 Å². The van der Waals surface area contributed by atoms with Gasteiger partial charge in [0.2, 0.25) is 0 Å². The molecule has 0 amide bonds. The second kappa shape index (κ2) is 5.01. The number of benzene rings is 1. The highest BCUT2D eigenvalue weighted by Crippen LogP contribution is 2.15. The number of aliphatic hydroxyl groups excluding tert-OH is 1. The summed E-state index contributed by atoms with van der Waals surface area (Å²) in [7, 11) is 0. The van der Waals surface area contributed by atoms with Crippen LogP contribution in [-0.2, 0) is 6.42 Å². The van der Waals surface area contributed by atoms with Crippen molar-refractivity contribution < 1.29 is 5.11 Å². The Balaban J connectivity index is 2.66. The molecule has 0 aliphatic carbocycles. The van der Waals surface area contributed by atoms with Crippen LogP contribution in [0.5, 0.6) is 0 Å². The van der Waals surface area contributed by atoms with E-state index in [1.807, 2.05) is 0 Å². The maximum atomic E-state index is 9.12. The van der Waals surface area contributed by atoms with E-state index in [1.165, 1.54) is 11.1 Å². The molecule has 0 saturated heterocycles. The minimum atomic E-state index is -0.304. The third kappa shape index (κ3) is 3.04. The predicted octanol–water partition coefficient (Wildman–Crippen LogP) is 2.35. The Labute approximate surface area is 86.0 Å². The Bertz CT molecular complexity index is 294. The number of nitrogens with one attached hydrogen (secondary N) is 1. The van der Waals surface area contributed by atoms with E-state index < -0.39 is 0 Å². The van der Waals surface area contributed by atoms with Gasteiger partial charge in [0.15, 0.2) is 0 Å². The topological polar surface area (TPSA) is 32.3 Å². The number of hydrogen-bond acceptors (Lipinski definition) is 2. The predicted molar refractivity (Wildman–Crippen MR) is 60.7 cm³/mol. The molecular formula is C12H19NO. The fourth-order valence-electron chi connectivity index (χ4n) is 1.47. The summed E-state index contributed by atoms with van der Waals surface area (Å²) in [5, 5.41) is 12.3. The normalized spacial score (nSPS) is 12.6. The molecule has 0 radical (unpaired) electrons. The lowest BCUT2D eigenvalue weighted by molar-refractivity contribution is 0.208. The molecule has 1 rings (SSSR count). The van der Waals surface area contributed by atoms with E-state index in [9.17, 15) is 0 Å². The summed E-state index contributed by atoms with van der Waals surface area (Å²) >= 11 is 0. The first kappa shape index (κ1) is 11.1. The first-order valence-corrected chi connectivity index (χ1v) is 5.15. The van der Waals surface area contributed by atoms with Crippen molar-refractivity contribution in [1.29, 1.82) is 0 Å². The second-order valence-corrected chi connectivity index (χ2v) is 3.72. The standard InChI is InChI=1S/C12H19NO/c1-4-11-5-6-12(7-9(11)2)13-8-10(3)14/h5-7,10,13-14H,4,8H2,1-3H3. The Hall–Kier alpha value is -1.02. The maximum Gasteiger partial charge on any atom is 0.0684 e. The van der Waals surface area contributed by atoms with Crippen molar-refractivity contribution >= 4 is 5.69 Å². The molecule has 1 atom stereocenters. The quantitative estimate of drug-likeness (QED) is 0.769. The average Bonchev–Trinajstić information content (AvgIpc) is 2.15. The van der Waals surface area contributed by atoms with Crippen LogP contribution in [0.2, 0.25) is 0 Å². The lowest BCUT2D eigenvalue weighted by Crippen LogP contribution is -2.15. The van der Waals surface area contributed by atoms with Crippen LogP contribution >= 0.6 is 0 Å². The van der Waals surface area contributed by atoms with Crippen molar-refractivity contribution in [2.75, 3.05) is 11.9 Å². The first-order valence-electron chi connectivity index (χ1n) is 5.15. The Morgan fingerprint density at radius 1 is 1.43 bits per heavy atom. The van der Waals surface area contributed by atoms with E-state index in [2.05, 4.69) is 37.4 Å². The number of rotatable bonds is 4. The summed E-state index contributed by atoms with van der Waals surface area (Å²) in [6.07, 6.45) is 0.767. The monoisotopic (exact) mass is 193 g/mol. The fourth-order valence-corrected chi connectivity index (χ4v) is 1.47. The first-order chi connectivity index (χ1) is 6.63. The number of aliphatic hydroxyl groups is 1. The van der Waals surface area contributed by atoms with Gasteiger partial charge in [0, 0.05) is 12.2 Å². The molecule has 1 aromatic rings. The van der Waals surface area contributed by atoms with Gasteiger partial charge in [-0.2, -0.15) is 0 Å². The van der Waals surface area contributed by atoms with Gasteiger partial charge >= 0.3 is 0 Å². The van der Waals surface area contributed by atoms with E-state index in [-0.39, 0.29) is 6.10 Å². The largest absolute Gasteiger partial charge is 0.392 e. The molecule has 0 aliphatic rings. The van der Waals surface area contributed by atoms with Gasteiger partial charge in [-0.05, 0) is 43.5 Å². The third-order valence-corrected chi connectivity index (χ3v) is 2.33. The molecular weight excluding hydrogens is 174 g/mol. The van der Waals surface area contributed by atoms with Crippen LogP contribution in [0.3, 0.4) is 0 Å². The van der Waals surface area contributed by atoms with Gasteiger partial charge in [-0.25, -0.2) is 0 Å². The average molecular weight is 193 g/mol. The molecule has 0 aromatic heterocycles. The van der Waals surface area contributed by atoms with Crippen molar-refractivity contribution in [3.8, 4) is 0 Å². The zero-order chi connectivity index (χ0) is 10.6. The van der Waals surface area contributed by atoms with Gasteiger partial charge < -0.3 is 10.4 Å². The van der Waals surface area contributed by atoms with E-state index >= 15 is 0 Å². The minimum Gasteiger partial charge on any atom is -0.392 e. The highest BCUT2D eigenvalue weighted by molar-refractivity contribution is 5.48. The molecule has 78 valence electrons. The van der Waals surface area contributed by atoms with E-state index in [1.54, 1.807) is 6.92 Å². The second-order valence-electron chi connectivity index (χ2n) is 3.72. The van der Waals surface area contributed by atoms with Crippen LogP contribution in [0.15, 0.2) is 18.2 Å². The van der Waals surface area contributed by atoms with Gasteiger partial charge in [0.25, 0.3) is 0 Å². The maximum absolute atomic E-state index is 9.12. The molecule has 0 saturated carbocycles. The van der Waals surface area contributed by atoms with Crippen LogP contribution in [0.4, 0.5) is 5.69 Å². The lowest BCUT2D eigenvalue weighted by Gasteiger charge is -2.10. The molecule has 0 heterocycles. The zero-order valence-corrected chi connectivity index (χ0v) is 9.17. The number of hydrogen-bond donors (Lipinski definition) is 2. The van der Waals surface area contributed by atoms with Crippen molar-refractivity contribution in [3.05, 3.63) is 29.3 Å². The van der Waals surface area contributed by atoms with Gasteiger partial charge in [-0.3, -0.25) is 0 Å². The van der Waals surface area contributed by atoms with E-state index in [4.69, 9.17) is 5.11 Å². The molecule has 2 N–H and O–H groups in total. The molecule has 0 bridgehead atoms. The summed E-state index contributed by atoms with van der Waals surface area (Å²) in [4.78, 5) is 0. The summed E-state index contributed by atoms with van der Waals surface area (Å²) in [5.41, 5.74) is 3.77. The summed E-state index contributed by atoms with van der Waals surface area (Å²) in [5.74, 6) is 0. The summed E-state index contributed by atoms with van der Waals surface area (Å²) < 4.78 is 0. The lowest BCUT2D eigenvalue weighted by atomic mass is 10.1. The van der Waals surface area contributed by atoms with Crippen molar-refractivity contribution in [2.45, 2.75) is 33.3 Å². The molecule has 1 unspecified atom stereocenters. The number of aryl methyl sites for hydroxylation is 2. The highest BCUT2D eigenvalue weighted by atomic mass is 16.3. The SMILES string of the molecule is CCc1ccc(NCC(C)O)cc1C. The van der Waals surface area contributed by atoms with Gasteiger partial charge in [0.05, 0.1) is 6.10 Å². The van der Waals surface area contributed by atoms with Crippen LogP contribution < -0.4 is 5.32 Å². The van der Waals surface area contributed by atoms with Crippen LogP contribution in [0, 0.1) is 6.92 Å². The van der Waals surface area contributed by atoms with Crippen LogP contribution in [0.1, 0.15) is 25.0 Å². The number of anilines is 1. The highest BCUT2D eigenvalue weighted by Gasteiger charge is 1.99. The van der Waals surface area contributed by atoms with Gasteiger partial charge in [-0.1, -0.05) is 13.0 Å². The Morgan fingerprint density at radius 2 is 2.14 bits per heavy atom. The molecule has 0 spiro atoms. The van der Waals surface area contributed by atoms with Crippen molar-refractivity contribution in [3.63, 3.8) is 0 Å².